The second-order valence-electron chi connectivity index (χ2n) is 14.0. The van der Waals surface area contributed by atoms with Crippen LogP contribution in [0.1, 0.15) is 45.0 Å². The summed E-state index contributed by atoms with van der Waals surface area (Å²) >= 11 is 0. The Morgan fingerprint density at radius 1 is 0.302 bits per heavy atom. The maximum absolute atomic E-state index is 5.41. The molecule has 4 nitrogen and oxygen atoms in total. The first-order chi connectivity index (χ1) is 25.4. The average molecular weight is 734 g/mol. The first-order valence-corrected chi connectivity index (χ1v) is 17.8. The molecule has 0 saturated heterocycles. The van der Waals surface area contributed by atoms with E-state index in [0.29, 0.717) is 0 Å². The second-order valence-corrected chi connectivity index (χ2v) is 14.0. The van der Waals surface area contributed by atoms with E-state index in [0.717, 1.165) is 89.4 Å². The van der Waals surface area contributed by atoms with E-state index >= 15 is 0 Å². The maximum Gasteiger partial charge on any atom is 0.0737 e. The Bertz CT molecular complexity index is 2350. The number of nitrogens with one attached hydrogen (secondary N) is 2. The number of aromatic amines is 2. The summed E-state index contributed by atoms with van der Waals surface area (Å²) in [6.07, 6.45) is 8.61. The van der Waals surface area contributed by atoms with E-state index in [1.165, 1.54) is 22.3 Å². The van der Waals surface area contributed by atoms with Crippen molar-refractivity contribution in [3.8, 4) is 44.5 Å². The van der Waals surface area contributed by atoms with Gasteiger partial charge in [-0.3, -0.25) is 0 Å². The monoisotopic (exact) mass is 733 g/mol. The minimum atomic E-state index is 0. The van der Waals surface area contributed by atoms with Crippen LogP contribution < -0.4 is 0 Å². The number of fused-ring (bicyclic) bond motifs is 8. The van der Waals surface area contributed by atoms with Crippen molar-refractivity contribution < 1.29 is 17.1 Å². The Balaban J connectivity index is 0.00000400. The summed E-state index contributed by atoms with van der Waals surface area (Å²) in [5.41, 5.74) is 21.1. The molecular formula is C48H38CuN4. The zero-order valence-corrected chi connectivity index (χ0v) is 31.0. The number of benzene rings is 4. The fourth-order valence-electron chi connectivity index (χ4n) is 7.30. The number of aromatic nitrogens is 4. The number of nitrogens with zero attached hydrogens (tertiary/aromatic N) is 2. The first-order valence-electron chi connectivity index (χ1n) is 17.8. The third-order valence-electron chi connectivity index (χ3n) is 10.1. The van der Waals surface area contributed by atoms with Gasteiger partial charge in [0.1, 0.15) is 0 Å². The smallest absolute Gasteiger partial charge is 0.0737 e. The van der Waals surface area contributed by atoms with E-state index in [2.05, 4.69) is 183 Å². The summed E-state index contributed by atoms with van der Waals surface area (Å²) in [5.74, 6) is 0. The topological polar surface area (TPSA) is 57.4 Å². The molecule has 0 amide bonds. The minimum Gasteiger partial charge on any atom is -0.354 e. The first kappa shape index (κ1) is 34.1. The Morgan fingerprint density at radius 2 is 0.509 bits per heavy atom. The average Bonchev–Trinajstić information content (AvgIpc) is 3.99. The van der Waals surface area contributed by atoms with Crippen LogP contribution in [0.4, 0.5) is 0 Å². The fourth-order valence-corrected chi connectivity index (χ4v) is 7.30. The van der Waals surface area contributed by atoms with Crippen LogP contribution in [0.2, 0.25) is 0 Å². The third-order valence-corrected chi connectivity index (χ3v) is 10.1. The molecule has 5 heteroatoms. The summed E-state index contributed by atoms with van der Waals surface area (Å²) in [6.45, 7) is 8.49. The molecule has 261 valence electrons. The Labute approximate surface area is 320 Å². The van der Waals surface area contributed by atoms with Crippen molar-refractivity contribution in [2.45, 2.75) is 27.7 Å². The molecule has 7 aromatic rings. The molecular weight excluding hydrogens is 696 g/mol. The maximum atomic E-state index is 5.41. The summed E-state index contributed by atoms with van der Waals surface area (Å²) in [6, 6.07) is 43.6. The minimum absolute atomic E-state index is 0. The van der Waals surface area contributed by atoms with Crippen LogP contribution in [-0.2, 0) is 17.1 Å². The predicted molar refractivity (Wildman–Crippen MR) is 220 cm³/mol. The van der Waals surface area contributed by atoms with E-state index in [1.54, 1.807) is 0 Å². The van der Waals surface area contributed by atoms with E-state index in [9.17, 15) is 0 Å². The van der Waals surface area contributed by atoms with Crippen molar-refractivity contribution >= 4 is 46.4 Å². The van der Waals surface area contributed by atoms with Gasteiger partial charge in [0, 0.05) is 61.4 Å². The zero-order valence-electron chi connectivity index (χ0n) is 30.1. The van der Waals surface area contributed by atoms with Crippen LogP contribution >= 0.6 is 0 Å². The van der Waals surface area contributed by atoms with Crippen LogP contribution in [0.25, 0.3) is 90.9 Å². The largest absolute Gasteiger partial charge is 0.354 e. The quantitative estimate of drug-likeness (QED) is 0.177. The van der Waals surface area contributed by atoms with Gasteiger partial charge in [0.05, 0.1) is 22.8 Å². The summed E-state index contributed by atoms with van der Waals surface area (Å²) in [4.78, 5) is 18.5. The zero-order chi connectivity index (χ0) is 35.3. The third kappa shape index (κ3) is 6.40. The molecule has 0 fully saturated rings. The molecule has 5 heterocycles. The number of H-pyrrole nitrogens is 2. The summed E-state index contributed by atoms with van der Waals surface area (Å²) in [5, 5.41) is 0. The molecule has 3 aromatic heterocycles. The molecule has 53 heavy (non-hydrogen) atoms. The van der Waals surface area contributed by atoms with Gasteiger partial charge in [-0.1, -0.05) is 119 Å². The summed E-state index contributed by atoms with van der Waals surface area (Å²) < 4.78 is 0. The van der Waals surface area contributed by atoms with Gasteiger partial charge in [0.2, 0.25) is 0 Å². The molecule has 0 spiro atoms. The van der Waals surface area contributed by atoms with Crippen LogP contribution in [-0.4, -0.2) is 19.9 Å². The normalized spacial score (nSPS) is 11.8. The SMILES string of the molecule is Cc1ccc(-c2c3nc(c(-c4ccc(C)cc4)c4ccc([nH]4)c(-c4ccc(C)cc4)c4nc(c(-c5ccc(C)cc5)c5ccc2[nH]5)C=C4)C=C3)cc1.[Cu]. The molecule has 2 aliphatic heterocycles. The van der Waals surface area contributed by atoms with Gasteiger partial charge in [0.25, 0.3) is 0 Å². The van der Waals surface area contributed by atoms with Gasteiger partial charge in [-0.05, 0) is 98.5 Å². The van der Waals surface area contributed by atoms with Gasteiger partial charge in [0.15, 0.2) is 0 Å². The predicted octanol–water partition coefficient (Wildman–Crippen LogP) is 12.6. The molecule has 8 bridgehead atoms. The van der Waals surface area contributed by atoms with Gasteiger partial charge in [-0.25, -0.2) is 9.97 Å². The molecule has 0 saturated carbocycles. The van der Waals surface area contributed by atoms with Gasteiger partial charge < -0.3 is 9.97 Å². The number of hydrogen-bond acceptors (Lipinski definition) is 2. The van der Waals surface area contributed by atoms with Crippen molar-refractivity contribution in [1.29, 1.82) is 0 Å². The van der Waals surface area contributed by atoms with Gasteiger partial charge in [-0.2, -0.15) is 0 Å². The van der Waals surface area contributed by atoms with E-state index in [1.807, 2.05) is 0 Å². The fraction of sp³-hybridized carbons (Fsp3) is 0.0833. The molecule has 0 aliphatic carbocycles. The van der Waals surface area contributed by atoms with Gasteiger partial charge >= 0.3 is 0 Å². The van der Waals surface area contributed by atoms with Gasteiger partial charge in [-0.15, -0.1) is 0 Å². The van der Waals surface area contributed by atoms with Crippen molar-refractivity contribution in [2.75, 3.05) is 0 Å². The Kier molecular flexibility index (Phi) is 8.91. The molecule has 4 aromatic carbocycles. The molecule has 0 unspecified atom stereocenters. The van der Waals surface area contributed by atoms with Crippen LogP contribution in [0, 0.1) is 27.7 Å². The number of aryl methyl sites for hydroxylation is 4. The second kappa shape index (κ2) is 13.9. The van der Waals surface area contributed by atoms with Crippen LogP contribution in [0.3, 0.4) is 0 Å². The molecule has 1 radical (unpaired) electrons. The standard InChI is InChI=1S/C48H38N4.Cu/c1-29-5-13-33(14-6-29)45-37-21-23-39(49-37)46(34-15-7-30(2)8-16-34)41-25-27-43(51-41)48(36-19-11-32(4)12-20-36)44-28-26-42(52-44)47(40-24-22-38(45)50-40)35-17-9-31(3)10-18-35;/h5-28,49,52H,1-4H3;. The number of hydrogen-bond donors (Lipinski definition) is 2. The van der Waals surface area contributed by atoms with Crippen molar-refractivity contribution in [3.63, 3.8) is 0 Å². The molecule has 2 aliphatic rings. The number of rotatable bonds is 4. The van der Waals surface area contributed by atoms with Crippen LogP contribution in [0.5, 0.6) is 0 Å². The Morgan fingerprint density at radius 3 is 0.717 bits per heavy atom. The van der Waals surface area contributed by atoms with E-state index in [-0.39, 0.29) is 17.1 Å². The van der Waals surface area contributed by atoms with Crippen molar-refractivity contribution in [1.82, 2.24) is 19.9 Å². The van der Waals surface area contributed by atoms with Crippen molar-refractivity contribution in [2.24, 2.45) is 0 Å². The van der Waals surface area contributed by atoms with Crippen LogP contribution in [0.15, 0.2) is 121 Å². The summed E-state index contributed by atoms with van der Waals surface area (Å²) in [7, 11) is 0. The molecule has 2 N–H and O–H groups in total. The van der Waals surface area contributed by atoms with E-state index < -0.39 is 0 Å². The van der Waals surface area contributed by atoms with Crippen molar-refractivity contribution in [3.05, 3.63) is 166 Å². The molecule has 0 atom stereocenters. The Hall–Kier alpha value is -6.00. The molecule has 9 rings (SSSR count). The van der Waals surface area contributed by atoms with E-state index in [4.69, 9.17) is 9.97 Å².